The maximum Gasteiger partial charge on any atom is 0.109 e. The summed E-state index contributed by atoms with van der Waals surface area (Å²) in [6.07, 6.45) is 3.05. The van der Waals surface area contributed by atoms with Crippen LogP contribution in [0.25, 0.3) is 11.1 Å². The molecule has 13 heavy (non-hydrogen) atoms. The van der Waals surface area contributed by atoms with Crippen LogP contribution in [0.3, 0.4) is 0 Å². The predicted octanol–water partition coefficient (Wildman–Crippen LogP) is 2.82. The first-order valence-corrected chi connectivity index (χ1v) is 3.93. The van der Waals surface area contributed by atoms with Crippen molar-refractivity contribution in [3.05, 3.63) is 48.4 Å². The molecule has 0 unspecified atom stereocenters. The van der Waals surface area contributed by atoms with Crippen molar-refractivity contribution in [2.24, 2.45) is 0 Å². The third kappa shape index (κ3) is 1.32. The second-order valence-corrected chi connectivity index (χ2v) is 2.68. The van der Waals surface area contributed by atoms with Crippen LogP contribution in [0.1, 0.15) is 5.56 Å². The third-order valence-corrected chi connectivity index (χ3v) is 1.87. The normalized spacial score (nSPS) is 9.46. The van der Waals surface area contributed by atoms with E-state index in [0.29, 0.717) is 5.56 Å². The van der Waals surface area contributed by atoms with Gasteiger partial charge in [-0.1, -0.05) is 30.3 Å². The molecule has 0 aliphatic rings. The number of hydrogen-bond acceptors (Lipinski definition) is 2. The Labute approximate surface area is 76.0 Å². The molecule has 1 heterocycles. The first kappa shape index (κ1) is 7.63. The van der Waals surface area contributed by atoms with E-state index in [-0.39, 0.29) is 0 Å². The summed E-state index contributed by atoms with van der Waals surface area (Å²) in [7, 11) is 0. The molecular formula is C11H7NO. The molecule has 0 bridgehead atoms. The van der Waals surface area contributed by atoms with E-state index in [0.717, 1.165) is 11.1 Å². The standard InChI is InChI=1S/C11H7NO/c12-6-10-7-13-8-11(10)9-4-2-1-3-5-9/h1-5,7-8H. The SMILES string of the molecule is N#Cc1cocc1-c1ccccc1. The van der Waals surface area contributed by atoms with Crippen LogP contribution < -0.4 is 0 Å². The molecule has 0 saturated carbocycles. The number of benzene rings is 1. The van der Waals surface area contributed by atoms with E-state index >= 15 is 0 Å². The van der Waals surface area contributed by atoms with Crippen LogP contribution in [-0.2, 0) is 0 Å². The van der Waals surface area contributed by atoms with Crippen LogP contribution >= 0.6 is 0 Å². The summed E-state index contributed by atoms with van der Waals surface area (Å²) >= 11 is 0. The van der Waals surface area contributed by atoms with Gasteiger partial charge in [0.1, 0.15) is 12.3 Å². The predicted molar refractivity (Wildman–Crippen MR) is 48.9 cm³/mol. The van der Waals surface area contributed by atoms with Gasteiger partial charge in [-0.25, -0.2) is 0 Å². The molecule has 0 spiro atoms. The first-order chi connectivity index (χ1) is 6.42. The maximum atomic E-state index is 8.76. The van der Waals surface area contributed by atoms with Crippen molar-refractivity contribution in [3.8, 4) is 17.2 Å². The van der Waals surface area contributed by atoms with E-state index in [1.165, 1.54) is 6.26 Å². The summed E-state index contributed by atoms with van der Waals surface area (Å²) < 4.78 is 4.97. The molecule has 2 heteroatoms. The smallest absolute Gasteiger partial charge is 0.109 e. The minimum Gasteiger partial charge on any atom is -0.471 e. The lowest BCUT2D eigenvalue weighted by Crippen LogP contribution is -1.76. The fraction of sp³-hybridized carbons (Fsp3) is 0. The Morgan fingerprint density at radius 2 is 1.85 bits per heavy atom. The zero-order chi connectivity index (χ0) is 9.10. The average Bonchev–Trinajstić information content (AvgIpc) is 2.67. The summed E-state index contributed by atoms with van der Waals surface area (Å²) in [6, 6.07) is 11.8. The van der Waals surface area contributed by atoms with Gasteiger partial charge in [0, 0.05) is 5.56 Å². The second kappa shape index (κ2) is 3.16. The Hall–Kier alpha value is -2.01. The zero-order valence-corrected chi connectivity index (χ0v) is 6.90. The number of nitriles is 1. The third-order valence-electron chi connectivity index (χ3n) is 1.87. The van der Waals surface area contributed by atoms with E-state index in [9.17, 15) is 0 Å². The van der Waals surface area contributed by atoms with Gasteiger partial charge in [-0.05, 0) is 5.56 Å². The summed E-state index contributed by atoms with van der Waals surface area (Å²) in [5, 5.41) is 8.76. The van der Waals surface area contributed by atoms with Crippen LogP contribution in [0.2, 0.25) is 0 Å². The van der Waals surface area contributed by atoms with E-state index in [4.69, 9.17) is 9.68 Å². The molecule has 0 amide bonds. The molecule has 2 nitrogen and oxygen atoms in total. The quantitative estimate of drug-likeness (QED) is 0.658. The maximum absolute atomic E-state index is 8.76. The highest BCUT2D eigenvalue weighted by molar-refractivity contribution is 5.68. The highest BCUT2D eigenvalue weighted by Gasteiger charge is 2.05. The Morgan fingerprint density at radius 1 is 1.08 bits per heavy atom. The number of hydrogen-bond donors (Lipinski definition) is 0. The molecule has 62 valence electrons. The molecule has 0 atom stereocenters. The van der Waals surface area contributed by atoms with E-state index in [1.54, 1.807) is 6.26 Å². The second-order valence-electron chi connectivity index (χ2n) is 2.68. The number of furan rings is 1. The lowest BCUT2D eigenvalue weighted by atomic mass is 10.1. The van der Waals surface area contributed by atoms with Crippen molar-refractivity contribution in [1.29, 1.82) is 5.26 Å². The number of nitrogens with zero attached hydrogens (tertiary/aromatic N) is 1. The summed E-state index contributed by atoms with van der Waals surface area (Å²) in [6.45, 7) is 0. The summed E-state index contributed by atoms with van der Waals surface area (Å²) in [5.41, 5.74) is 2.43. The first-order valence-electron chi connectivity index (χ1n) is 3.93. The lowest BCUT2D eigenvalue weighted by Gasteiger charge is -1.94. The summed E-state index contributed by atoms with van der Waals surface area (Å²) in [4.78, 5) is 0. The molecule has 2 rings (SSSR count). The van der Waals surface area contributed by atoms with Crippen molar-refractivity contribution in [1.82, 2.24) is 0 Å². The van der Waals surface area contributed by atoms with E-state index in [1.807, 2.05) is 30.3 Å². The van der Waals surface area contributed by atoms with Gasteiger partial charge in [0.05, 0.1) is 11.8 Å². The van der Waals surface area contributed by atoms with Crippen LogP contribution in [0.4, 0.5) is 0 Å². The topological polar surface area (TPSA) is 36.9 Å². The molecule has 0 aliphatic heterocycles. The monoisotopic (exact) mass is 169 g/mol. The number of rotatable bonds is 1. The van der Waals surface area contributed by atoms with Crippen molar-refractivity contribution >= 4 is 0 Å². The molecule has 0 fully saturated rings. The van der Waals surface area contributed by atoms with Crippen molar-refractivity contribution in [2.45, 2.75) is 0 Å². The van der Waals surface area contributed by atoms with Crippen molar-refractivity contribution in [2.75, 3.05) is 0 Å². The molecule has 0 radical (unpaired) electrons. The molecule has 2 aromatic rings. The Bertz CT molecular complexity index is 437. The average molecular weight is 169 g/mol. The Balaban J connectivity index is 2.54. The van der Waals surface area contributed by atoms with Crippen LogP contribution in [0.5, 0.6) is 0 Å². The van der Waals surface area contributed by atoms with Crippen LogP contribution in [0, 0.1) is 11.3 Å². The fourth-order valence-corrected chi connectivity index (χ4v) is 1.22. The summed E-state index contributed by atoms with van der Waals surface area (Å²) in [5.74, 6) is 0. The van der Waals surface area contributed by atoms with Gasteiger partial charge < -0.3 is 4.42 Å². The van der Waals surface area contributed by atoms with Gasteiger partial charge >= 0.3 is 0 Å². The van der Waals surface area contributed by atoms with Gasteiger partial charge in [0.2, 0.25) is 0 Å². The van der Waals surface area contributed by atoms with Crippen molar-refractivity contribution < 1.29 is 4.42 Å². The molecular weight excluding hydrogens is 162 g/mol. The van der Waals surface area contributed by atoms with E-state index < -0.39 is 0 Å². The minimum atomic E-state index is 0.575. The lowest BCUT2D eigenvalue weighted by molar-refractivity contribution is 0.567. The molecule has 1 aromatic heterocycles. The van der Waals surface area contributed by atoms with Gasteiger partial charge in [0.15, 0.2) is 0 Å². The van der Waals surface area contributed by atoms with Crippen LogP contribution in [0.15, 0.2) is 47.3 Å². The van der Waals surface area contributed by atoms with Crippen LogP contribution in [-0.4, -0.2) is 0 Å². The van der Waals surface area contributed by atoms with Gasteiger partial charge in [-0.15, -0.1) is 0 Å². The van der Waals surface area contributed by atoms with Gasteiger partial charge in [0.25, 0.3) is 0 Å². The Morgan fingerprint density at radius 3 is 2.54 bits per heavy atom. The highest BCUT2D eigenvalue weighted by Crippen LogP contribution is 2.23. The fourth-order valence-electron chi connectivity index (χ4n) is 1.22. The molecule has 0 saturated heterocycles. The largest absolute Gasteiger partial charge is 0.471 e. The molecule has 0 aliphatic carbocycles. The minimum absolute atomic E-state index is 0.575. The van der Waals surface area contributed by atoms with Gasteiger partial charge in [-0.3, -0.25) is 0 Å². The van der Waals surface area contributed by atoms with Crippen molar-refractivity contribution in [3.63, 3.8) is 0 Å². The van der Waals surface area contributed by atoms with Gasteiger partial charge in [-0.2, -0.15) is 5.26 Å². The van der Waals surface area contributed by atoms with E-state index in [2.05, 4.69) is 6.07 Å². The zero-order valence-electron chi connectivity index (χ0n) is 6.90. The molecule has 1 aromatic carbocycles. The molecule has 0 N–H and O–H groups in total. The highest BCUT2D eigenvalue weighted by atomic mass is 16.3. The Kier molecular flexibility index (Phi) is 1.85.